The zero-order valence-corrected chi connectivity index (χ0v) is 20.4. The fourth-order valence-electron chi connectivity index (χ4n) is 5.51. The molecule has 1 N–H and O–H groups in total. The molecule has 0 aliphatic carbocycles. The number of carbonyl (C=O) groups excluding carboxylic acids is 1. The summed E-state index contributed by atoms with van der Waals surface area (Å²) in [6.07, 6.45) is 2.01. The molecule has 1 saturated heterocycles. The lowest BCUT2D eigenvalue weighted by molar-refractivity contribution is 0.0700. The number of nitriles is 1. The third-order valence-corrected chi connectivity index (χ3v) is 7.31. The number of nitrogens with zero attached hydrogens (tertiary/aromatic N) is 7. The van der Waals surface area contributed by atoms with Gasteiger partial charge in [-0.25, -0.2) is 14.3 Å². The number of aromatic nitrogens is 5. The van der Waals surface area contributed by atoms with E-state index in [1.807, 2.05) is 32.9 Å². The van der Waals surface area contributed by atoms with Crippen LogP contribution < -0.4 is 5.69 Å². The smallest absolute Gasteiger partial charge is 0.336 e. The second-order valence-corrected chi connectivity index (χ2v) is 10.5. The van der Waals surface area contributed by atoms with Crippen molar-refractivity contribution in [2.45, 2.75) is 44.7 Å². The van der Waals surface area contributed by atoms with Crippen LogP contribution in [0.2, 0.25) is 0 Å². The Morgan fingerprint density at radius 1 is 1.22 bits per heavy atom. The van der Waals surface area contributed by atoms with E-state index in [1.54, 1.807) is 39.4 Å². The van der Waals surface area contributed by atoms with E-state index >= 15 is 0 Å². The zero-order chi connectivity index (χ0) is 25.5. The molecule has 1 unspecified atom stereocenters. The normalized spacial score (nSPS) is 18.6. The number of benzene rings is 1. The number of hydrogen-bond donors (Lipinski definition) is 1. The summed E-state index contributed by atoms with van der Waals surface area (Å²) in [5.41, 5.74) is 1.79. The van der Waals surface area contributed by atoms with E-state index in [4.69, 9.17) is 0 Å². The van der Waals surface area contributed by atoms with Gasteiger partial charge in [-0.15, -0.1) is 0 Å². The van der Waals surface area contributed by atoms with Crippen molar-refractivity contribution < 1.29 is 9.90 Å². The number of hydrogen-bond acceptors (Lipinski definition) is 6. The zero-order valence-electron chi connectivity index (χ0n) is 20.4. The summed E-state index contributed by atoms with van der Waals surface area (Å²) in [4.78, 5) is 33.1. The number of amides is 1. The minimum absolute atomic E-state index is 0.177. The van der Waals surface area contributed by atoms with Crippen molar-refractivity contribution >= 4 is 16.7 Å². The summed E-state index contributed by atoms with van der Waals surface area (Å²) in [6.45, 7) is 6.51. The van der Waals surface area contributed by atoms with Crippen molar-refractivity contribution in [1.82, 2.24) is 28.8 Å². The molecule has 36 heavy (non-hydrogen) atoms. The highest BCUT2D eigenvalue weighted by Gasteiger charge is 2.50. The third-order valence-electron chi connectivity index (χ3n) is 7.31. The van der Waals surface area contributed by atoms with E-state index in [2.05, 4.69) is 16.2 Å². The summed E-state index contributed by atoms with van der Waals surface area (Å²) < 4.78 is 4.43. The number of pyridine rings is 1. The molecule has 182 valence electrons. The molecule has 2 aliphatic rings. The number of imidazole rings is 1. The van der Waals surface area contributed by atoms with Gasteiger partial charge in [-0.3, -0.25) is 14.0 Å². The highest BCUT2D eigenvalue weighted by molar-refractivity contribution is 5.94. The fourth-order valence-corrected chi connectivity index (χ4v) is 5.51. The van der Waals surface area contributed by atoms with Gasteiger partial charge in [-0.05, 0) is 12.5 Å². The maximum Gasteiger partial charge on any atom is 0.336 e. The summed E-state index contributed by atoms with van der Waals surface area (Å²) >= 11 is 0. The van der Waals surface area contributed by atoms with Gasteiger partial charge in [-0.2, -0.15) is 10.4 Å². The first-order chi connectivity index (χ1) is 17.1. The first kappa shape index (κ1) is 22.1. The molecular weight excluding hydrogens is 458 g/mol. The third kappa shape index (κ3) is 2.89. The van der Waals surface area contributed by atoms with Crippen molar-refractivity contribution in [2.75, 3.05) is 6.54 Å². The van der Waals surface area contributed by atoms with E-state index in [0.29, 0.717) is 40.8 Å². The van der Waals surface area contributed by atoms with Crippen LogP contribution in [0.25, 0.3) is 16.5 Å². The average Bonchev–Trinajstić information content (AvgIpc) is 3.60. The van der Waals surface area contributed by atoms with Gasteiger partial charge in [-0.1, -0.05) is 45.0 Å². The van der Waals surface area contributed by atoms with Crippen molar-refractivity contribution in [2.24, 2.45) is 7.05 Å². The molecule has 1 aromatic carbocycles. The van der Waals surface area contributed by atoms with Crippen LogP contribution in [0, 0.1) is 11.3 Å². The van der Waals surface area contributed by atoms with Crippen molar-refractivity contribution in [3.05, 3.63) is 69.8 Å². The standard InChI is InChI=1S/C26H25N7O3/c1-26(2,3)21-10-19(30(4)29-21)23(34)31-13-14-9-18(31)22-24(35)33(25(36)32(14)22)20-12-28-17(11-27)15-7-5-6-8-16(15)20/h5-8,10,12,14,18,35H,9,13H2,1-4H3/t14-,18?/m1/s1. The van der Waals surface area contributed by atoms with E-state index in [0.717, 1.165) is 5.69 Å². The highest BCUT2D eigenvalue weighted by Crippen LogP contribution is 2.49. The SMILES string of the molecule is Cn1nc(C(C)(C)C)cc1C(=O)N1C[C@H]2CC1c1c(O)n(-c3cnc(C#N)c4ccccc34)c(=O)n12. The largest absolute Gasteiger partial charge is 0.493 e. The number of rotatable bonds is 2. The first-order valence-corrected chi connectivity index (χ1v) is 11.8. The van der Waals surface area contributed by atoms with Gasteiger partial charge < -0.3 is 10.0 Å². The Bertz CT molecular complexity index is 1680. The minimum Gasteiger partial charge on any atom is -0.493 e. The van der Waals surface area contributed by atoms with E-state index in [9.17, 15) is 20.0 Å². The lowest BCUT2D eigenvalue weighted by Crippen LogP contribution is -2.38. The molecule has 2 aliphatic heterocycles. The van der Waals surface area contributed by atoms with Crippen LogP contribution in [-0.4, -0.2) is 46.4 Å². The Morgan fingerprint density at radius 2 is 1.94 bits per heavy atom. The Labute approximate surface area is 206 Å². The molecule has 0 radical (unpaired) electrons. The number of likely N-dealkylation sites (tertiary alicyclic amines) is 1. The van der Waals surface area contributed by atoms with E-state index in [-0.39, 0.29) is 34.6 Å². The number of aromatic hydroxyl groups is 1. The molecule has 4 aromatic rings. The van der Waals surface area contributed by atoms with Crippen LogP contribution in [0.15, 0.2) is 41.3 Å². The quantitative estimate of drug-likeness (QED) is 0.468. The maximum absolute atomic E-state index is 13.6. The molecule has 5 heterocycles. The molecule has 1 amide bonds. The molecular formula is C26H25N7O3. The van der Waals surface area contributed by atoms with Gasteiger partial charge in [0.2, 0.25) is 5.88 Å². The van der Waals surface area contributed by atoms with Crippen molar-refractivity contribution in [3.63, 3.8) is 0 Å². The van der Waals surface area contributed by atoms with Gasteiger partial charge in [0, 0.05) is 29.8 Å². The average molecular weight is 484 g/mol. The van der Waals surface area contributed by atoms with Gasteiger partial charge in [0.1, 0.15) is 23.2 Å². The number of aryl methyl sites for hydroxylation is 1. The highest BCUT2D eigenvalue weighted by atomic mass is 16.3. The molecule has 1 fully saturated rings. The van der Waals surface area contributed by atoms with Gasteiger partial charge in [0.05, 0.1) is 29.7 Å². The van der Waals surface area contributed by atoms with E-state index < -0.39 is 6.04 Å². The van der Waals surface area contributed by atoms with Crippen molar-refractivity contribution in [3.8, 4) is 17.6 Å². The molecule has 2 atom stereocenters. The molecule has 0 spiro atoms. The summed E-state index contributed by atoms with van der Waals surface area (Å²) in [6, 6.07) is 10.4. The summed E-state index contributed by atoms with van der Waals surface area (Å²) in [5.74, 6) is -0.383. The molecule has 2 bridgehead atoms. The molecule has 6 rings (SSSR count). The van der Waals surface area contributed by atoms with Crippen LogP contribution in [0.3, 0.4) is 0 Å². The maximum atomic E-state index is 13.6. The Hall–Kier alpha value is -4.39. The second kappa shape index (κ2) is 7.31. The number of carbonyl (C=O) groups is 1. The van der Waals surface area contributed by atoms with E-state index in [1.165, 1.54) is 10.8 Å². The van der Waals surface area contributed by atoms with Crippen LogP contribution in [0.4, 0.5) is 0 Å². The topological polar surface area (TPSA) is 122 Å². The summed E-state index contributed by atoms with van der Waals surface area (Å²) in [7, 11) is 1.75. The fraction of sp³-hybridized carbons (Fsp3) is 0.346. The minimum atomic E-state index is -0.429. The Morgan fingerprint density at radius 3 is 2.61 bits per heavy atom. The van der Waals surface area contributed by atoms with Crippen LogP contribution in [0.5, 0.6) is 5.88 Å². The predicted octanol–water partition coefficient (Wildman–Crippen LogP) is 2.94. The van der Waals surface area contributed by atoms with Crippen LogP contribution >= 0.6 is 0 Å². The van der Waals surface area contributed by atoms with Crippen LogP contribution in [-0.2, 0) is 12.5 Å². The van der Waals surface area contributed by atoms with Gasteiger partial charge in [0.25, 0.3) is 5.91 Å². The second-order valence-electron chi connectivity index (χ2n) is 10.5. The Balaban J connectivity index is 1.44. The number of fused-ring (bicyclic) bond motifs is 6. The predicted molar refractivity (Wildman–Crippen MR) is 131 cm³/mol. The Kier molecular flexibility index (Phi) is 4.48. The van der Waals surface area contributed by atoms with Gasteiger partial charge in [0.15, 0.2) is 0 Å². The molecule has 0 saturated carbocycles. The van der Waals surface area contributed by atoms with Crippen LogP contribution in [0.1, 0.15) is 66.8 Å². The lowest BCUT2D eigenvalue weighted by atomic mass is 9.92. The first-order valence-electron chi connectivity index (χ1n) is 11.8. The molecule has 10 nitrogen and oxygen atoms in total. The van der Waals surface area contributed by atoms with Gasteiger partial charge >= 0.3 is 5.69 Å². The molecule has 3 aromatic heterocycles. The lowest BCUT2D eigenvalue weighted by Gasteiger charge is -2.27. The van der Waals surface area contributed by atoms with Crippen molar-refractivity contribution in [1.29, 1.82) is 5.26 Å². The monoisotopic (exact) mass is 483 g/mol. The summed E-state index contributed by atoms with van der Waals surface area (Å²) in [5, 5.41) is 26.5. The molecule has 10 heteroatoms.